The Kier molecular flexibility index (Phi) is 3.91. The summed E-state index contributed by atoms with van der Waals surface area (Å²) >= 11 is 0. The van der Waals surface area contributed by atoms with Crippen molar-refractivity contribution in [1.29, 1.82) is 0 Å². The van der Waals surface area contributed by atoms with Gasteiger partial charge < -0.3 is 4.90 Å². The van der Waals surface area contributed by atoms with Gasteiger partial charge in [-0.1, -0.05) is 30.3 Å². The molecule has 0 bridgehead atoms. The Bertz CT molecular complexity index is 755. The van der Waals surface area contributed by atoms with Gasteiger partial charge in [0, 0.05) is 19.8 Å². The predicted octanol–water partition coefficient (Wildman–Crippen LogP) is 1.93. The maximum Gasteiger partial charge on any atom is 0.257 e. The van der Waals surface area contributed by atoms with Crippen LogP contribution in [0.4, 0.5) is 0 Å². The van der Waals surface area contributed by atoms with Gasteiger partial charge in [0.1, 0.15) is 12.7 Å². The molecule has 6 nitrogen and oxygen atoms in total. The molecular weight excluding hydrogens is 278 g/mol. The highest BCUT2D eigenvalue weighted by molar-refractivity contribution is 5.96. The van der Waals surface area contributed by atoms with Gasteiger partial charge in [0.15, 0.2) is 5.82 Å². The monoisotopic (exact) mass is 293 g/mol. The van der Waals surface area contributed by atoms with Crippen molar-refractivity contribution in [2.24, 2.45) is 0 Å². The number of carbonyl (C=O) groups is 1. The largest absolute Gasteiger partial charge is 0.337 e. The fourth-order valence-electron chi connectivity index (χ4n) is 2.20. The van der Waals surface area contributed by atoms with Gasteiger partial charge in [0.25, 0.3) is 5.91 Å². The number of aromatic nitrogens is 4. The summed E-state index contributed by atoms with van der Waals surface area (Å²) in [6.45, 7) is 0.533. The van der Waals surface area contributed by atoms with E-state index in [2.05, 4.69) is 15.1 Å². The summed E-state index contributed by atoms with van der Waals surface area (Å²) in [6, 6.07) is 13.3. The van der Waals surface area contributed by atoms with E-state index in [1.165, 1.54) is 17.3 Å². The summed E-state index contributed by atoms with van der Waals surface area (Å²) in [5.41, 5.74) is 1.57. The Hall–Kier alpha value is -3.02. The number of amides is 1. The van der Waals surface area contributed by atoms with Crippen LogP contribution in [0.2, 0.25) is 0 Å². The maximum atomic E-state index is 12.7. The van der Waals surface area contributed by atoms with Gasteiger partial charge in [-0.3, -0.25) is 4.79 Å². The fraction of sp³-hybridized carbons (Fsp3) is 0.125. The zero-order chi connectivity index (χ0) is 15.4. The van der Waals surface area contributed by atoms with Crippen LogP contribution in [0.3, 0.4) is 0 Å². The Morgan fingerprint density at radius 2 is 2.00 bits per heavy atom. The predicted molar refractivity (Wildman–Crippen MR) is 81.4 cm³/mol. The lowest BCUT2D eigenvalue weighted by Gasteiger charge is -2.18. The van der Waals surface area contributed by atoms with Crippen LogP contribution in [-0.2, 0) is 6.54 Å². The lowest BCUT2D eigenvalue weighted by Crippen LogP contribution is -2.27. The molecule has 0 atom stereocenters. The van der Waals surface area contributed by atoms with E-state index in [9.17, 15) is 4.79 Å². The van der Waals surface area contributed by atoms with Crippen molar-refractivity contribution in [3.63, 3.8) is 0 Å². The molecule has 3 aromatic rings. The molecule has 0 N–H and O–H groups in total. The van der Waals surface area contributed by atoms with Gasteiger partial charge in [-0.05, 0) is 17.7 Å². The van der Waals surface area contributed by atoms with E-state index in [-0.39, 0.29) is 5.91 Å². The third-order valence-corrected chi connectivity index (χ3v) is 3.26. The van der Waals surface area contributed by atoms with Crippen molar-refractivity contribution in [3.05, 3.63) is 72.4 Å². The van der Waals surface area contributed by atoms with Gasteiger partial charge >= 0.3 is 0 Å². The normalized spacial score (nSPS) is 10.4. The number of rotatable bonds is 4. The van der Waals surface area contributed by atoms with E-state index in [0.717, 1.165) is 5.56 Å². The van der Waals surface area contributed by atoms with Gasteiger partial charge in [-0.2, -0.15) is 5.10 Å². The first-order valence-corrected chi connectivity index (χ1v) is 6.85. The molecule has 22 heavy (non-hydrogen) atoms. The third-order valence-electron chi connectivity index (χ3n) is 3.26. The lowest BCUT2D eigenvalue weighted by molar-refractivity contribution is 0.0784. The molecule has 0 radical (unpaired) electrons. The summed E-state index contributed by atoms with van der Waals surface area (Å²) in [7, 11) is 1.77. The Morgan fingerprint density at radius 1 is 1.18 bits per heavy atom. The van der Waals surface area contributed by atoms with Crippen LogP contribution >= 0.6 is 0 Å². The zero-order valence-corrected chi connectivity index (χ0v) is 12.1. The first kappa shape index (κ1) is 13.9. The number of hydrogen-bond acceptors (Lipinski definition) is 4. The van der Waals surface area contributed by atoms with Crippen LogP contribution in [0.1, 0.15) is 15.9 Å². The van der Waals surface area contributed by atoms with Gasteiger partial charge in [0.05, 0.1) is 5.56 Å². The van der Waals surface area contributed by atoms with Gasteiger partial charge in [-0.25, -0.2) is 14.6 Å². The summed E-state index contributed by atoms with van der Waals surface area (Å²) in [5, 5.41) is 4.05. The van der Waals surface area contributed by atoms with Crippen molar-refractivity contribution in [2.75, 3.05) is 7.05 Å². The number of carbonyl (C=O) groups excluding carboxylic acids is 1. The number of benzene rings is 1. The second-order valence-electron chi connectivity index (χ2n) is 4.86. The Balaban J connectivity index is 1.86. The standard InChI is InChI=1S/C16H15N5O/c1-20(10-13-6-3-2-4-7-13)16(22)14-8-5-9-18-15(14)21-12-17-11-19-21/h2-9,11-12H,10H2,1H3. The lowest BCUT2D eigenvalue weighted by atomic mass is 10.2. The van der Waals surface area contributed by atoms with E-state index >= 15 is 0 Å². The van der Waals surface area contributed by atoms with Crippen LogP contribution in [0.15, 0.2) is 61.3 Å². The smallest absolute Gasteiger partial charge is 0.257 e. The van der Waals surface area contributed by atoms with Crippen molar-refractivity contribution < 1.29 is 4.79 Å². The molecule has 110 valence electrons. The maximum absolute atomic E-state index is 12.7. The van der Waals surface area contributed by atoms with E-state index in [4.69, 9.17) is 0 Å². The summed E-state index contributed by atoms with van der Waals surface area (Å²) in [6.07, 6.45) is 4.57. The molecule has 1 amide bonds. The number of hydrogen-bond donors (Lipinski definition) is 0. The molecule has 0 aliphatic carbocycles. The van der Waals surface area contributed by atoms with Crippen molar-refractivity contribution in [3.8, 4) is 5.82 Å². The highest BCUT2D eigenvalue weighted by Gasteiger charge is 2.18. The van der Waals surface area contributed by atoms with Crippen molar-refractivity contribution in [1.82, 2.24) is 24.6 Å². The SMILES string of the molecule is CN(Cc1ccccc1)C(=O)c1cccnc1-n1cncn1. The number of nitrogens with zero attached hydrogens (tertiary/aromatic N) is 5. The van der Waals surface area contributed by atoms with E-state index in [1.807, 2.05) is 30.3 Å². The van der Waals surface area contributed by atoms with Gasteiger partial charge in [-0.15, -0.1) is 0 Å². The minimum atomic E-state index is -0.109. The topological polar surface area (TPSA) is 63.9 Å². The van der Waals surface area contributed by atoms with Crippen molar-refractivity contribution >= 4 is 5.91 Å². The fourth-order valence-corrected chi connectivity index (χ4v) is 2.20. The molecule has 0 fully saturated rings. The van der Waals surface area contributed by atoms with Crippen LogP contribution in [0.25, 0.3) is 5.82 Å². The molecule has 2 heterocycles. The van der Waals surface area contributed by atoms with E-state index < -0.39 is 0 Å². The third kappa shape index (κ3) is 2.85. The van der Waals surface area contributed by atoms with Crippen LogP contribution in [0, 0.1) is 0 Å². The van der Waals surface area contributed by atoms with Crippen LogP contribution in [0.5, 0.6) is 0 Å². The highest BCUT2D eigenvalue weighted by Crippen LogP contribution is 2.13. The second kappa shape index (κ2) is 6.17. The molecule has 0 aliphatic rings. The number of pyridine rings is 1. The summed E-state index contributed by atoms with van der Waals surface area (Å²) < 4.78 is 1.49. The average Bonchev–Trinajstić information content (AvgIpc) is 3.09. The molecule has 0 unspecified atom stereocenters. The van der Waals surface area contributed by atoms with Crippen LogP contribution < -0.4 is 0 Å². The first-order chi connectivity index (χ1) is 10.8. The molecule has 0 saturated heterocycles. The average molecular weight is 293 g/mol. The van der Waals surface area contributed by atoms with E-state index in [0.29, 0.717) is 17.9 Å². The molecule has 0 saturated carbocycles. The molecule has 3 rings (SSSR count). The van der Waals surface area contributed by atoms with Crippen molar-refractivity contribution in [2.45, 2.75) is 6.54 Å². The summed E-state index contributed by atoms with van der Waals surface area (Å²) in [5.74, 6) is 0.368. The Labute approximate surface area is 128 Å². The quantitative estimate of drug-likeness (QED) is 0.737. The highest BCUT2D eigenvalue weighted by atomic mass is 16.2. The molecule has 0 spiro atoms. The first-order valence-electron chi connectivity index (χ1n) is 6.85. The zero-order valence-electron chi connectivity index (χ0n) is 12.1. The molecular formula is C16H15N5O. The minimum absolute atomic E-state index is 0.109. The van der Waals surface area contributed by atoms with Gasteiger partial charge in [0.2, 0.25) is 0 Å². The molecule has 1 aromatic carbocycles. The summed E-state index contributed by atoms with van der Waals surface area (Å²) in [4.78, 5) is 22.5. The second-order valence-corrected chi connectivity index (χ2v) is 4.86. The Morgan fingerprint density at radius 3 is 2.73 bits per heavy atom. The molecule has 0 aliphatic heterocycles. The molecule has 2 aromatic heterocycles. The van der Waals surface area contributed by atoms with Crippen LogP contribution in [-0.4, -0.2) is 37.6 Å². The van der Waals surface area contributed by atoms with E-state index in [1.54, 1.807) is 30.3 Å². The minimum Gasteiger partial charge on any atom is -0.337 e. The molecule has 6 heteroatoms.